The lowest BCUT2D eigenvalue weighted by atomic mass is 9.96. The lowest BCUT2D eigenvalue weighted by Crippen LogP contribution is -2.30. The molecule has 4 rings (SSSR count). The molecule has 1 aliphatic rings. The minimum absolute atomic E-state index is 0.0226. The molecule has 3 aromatic rings. The lowest BCUT2D eigenvalue weighted by molar-refractivity contribution is 0.316. The van der Waals surface area contributed by atoms with Gasteiger partial charge in [-0.2, -0.15) is 0 Å². The summed E-state index contributed by atoms with van der Waals surface area (Å²) in [4.78, 5) is 6.93. The Labute approximate surface area is 182 Å². The predicted octanol–water partition coefficient (Wildman–Crippen LogP) is 5.53. The third kappa shape index (κ3) is 3.65. The minimum atomic E-state index is 0.0226. The smallest absolute Gasteiger partial charge is 0.170 e. The van der Waals surface area contributed by atoms with Crippen molar-refractivity contribution < 1.29 is 0 Å². The van der Waals surface area contributed by atoms with Crippen molar-refractivity contribution in [2.45, 2.75) is 39.3 Å². The first-order valence-electron chi connectivity index (χ1n) is 9.94. The number of benzene rings is 1. The van der Waals surface area contributed by atoms with Gasteiger partial charge >= 0.3 is 0 Å². The van der Waals surface area contributed by atoms with E-state index in [-0.39, 0.29) is 12.1 Å². The van der Waals surface area contributed by atoms with Crippen LogP contribution in [-0.2, 0) is 0 Å². The van der Waals surface area contributed by atoms with Gasteiger partial charge in [-0.25, -0.2) is 0 Å². The van der Waals surface area contributed by atoms with E-state index < -0.39 is 0 Å². The summed E-state index contributed by atoms with van der Waals surface area (Å²) in [6, 6.07) is 16.4. The molecule has 4 nitrogen and oxygen atoms in total. The second-order valence-corrected chi connectivity index (χ2v) is 8.28. The predicted molar refractivity (Wildman–Crippen MR) is 123 cm³/mol. The topological polar surface area (TPSA) is 33.1 Å². The van der Waals surface area contributed by atoms with Crippen molar-refractivity contribution in [3.63, 3.8) is 0 Å². The molecule has 0 bridgehead atoms. The molecule has 150 valence electrons. The molecule has 2 aromatic heterocycles. The van der Waals surface area contributed by atoms with Crippen molar-refractivity contribution in [1.82, 2.24) is 19.8 Å². The number of aryl methyl sites for hydroxylation is 1. The van der Waals surface area contributed by atoms with Crippen LogP contribution in [0.5, 0.6) is 0 Å². The van der Waals surface area contributed by atoms with Crippen LogP contribution in [0.1, 0.15) is 48.1 Å². The fraction of sp³-hybridized carbons (Fsp3) is 0.304. The number of aromatic nitrogens is 2. The number of nitrogens with zero attached hydrogens (tertiary/aromatic N) is 3. The maximum absolute atomic E-state index is 6.10. The van der Waals surface area contributed by atoms with Gasteiger partial charge in [0.2, 0.25) is 0 Å². The first kappa shape index (κ1) is 19.9. The monoisotopic (exact) mass is 424 g/mol. The number of nitrogens with one attached hydrogen (secondary N) is 1. The van der Waals surface area contributed by atoms with Crippen LogP contribution < -0.4 is 5.32 Å². The molecular formula is C23H25ClN4S. The van der Waals surface area contributed by atoms with Crippen LogP contribution in [0, 0.1) is 13.8 Å². The van der Waals surface area contributed by atoms with Crippen molar-refractivity contribution >= 4 is 28.9 Å². The zero-order chi connectivity index (χ0) is 20.5. The molecule has 29 heavy (non-hydrogen) atoms. The van der Waals surface area contributed by atoms with Crippen molar-refractivity contribution in [2.75, 3.05) is 6.54 Å². The standard InChI is InChI=1S/C23H25ClN4S/c1-4-13-27-22(21(26-23(27)29)20-7-5-6-12-25-20)19-14-15(2)28(16(19)3)18-10-8-17(24)9-11-18/h5-12,14,21-22H,4,13H2,1-3H3,(H,26,29)/t21-,22+/m0/s1. The van der Waals surface area contributed by atoms with Gasteiger partial charge in [-0.15, -0.1) is 0 Å². The van der Waals surface area contributed by atoms with Gasteiger partial charge in [-0.05, 0) is 80.5 Å². The highest BCUT2D eigenvalue weighted by Crippen LogP contribution is 2.41. The molecule has 1 fully saturated rings. The summed E-state index contributed by atoms with van der Waals surface area (Å²) >= 11 is 11.8. The molecule has 1 N–H and O–H groups in total. The zero-order valence-corrected chi connectivity index (χ0v) is 18.5. The summed E-state index contributed by atoms with van der Waals surface area (Å²) in [5.41, 5.74) is 5.79. The van der Waals surface area contributed by atoms with Crippen LogP contribution in [0.2, 0.25) is 5.02 Å². The van der Waals surface area contributed by atoms with Gasteiger partial charge in [-0.1, -0.05) is 24.6 Å². The van der Waals surface area contributed by atoms with E-state index in [0.29, 0.717) is 0 Å². The molecule has 1 saturated heterocycles. The summed E-state index contributed by atoms with van der Waals surface area (Å²) in [6.07, 6.45) is 2.87. The van der Waals surface area contributed by atoms with E-state index in [9.17, 15) is 0 Å². The van der Waals surface area contributed by atoms with E-state index in [1.54, 1.807) is 0 Å². The quantitative estimate of drug-likeness (QED) is 0.546. The minimum Gasteiger partial charge on any atom is -0.352 e. The summed E-state index contributed by atoms with van der Waals surface area (Å²) in [5, 5.41) is 5.06. The number of halogens is 1. The fourth-order valence-corrected chi connectivity index (χ4v) is 4.76. The number of pyridine rings is 1. The molecule has 3 heterocycles. The summed E-state index contributed by atoms with van der Waals surface area (Å²) in [5.74, 6) is 0. The highest BCUT2D eigenvalue weighted by Gasteiger charge is 2.40. The Morgan fingerprint density at radius 2 is 1.90 bits per heavy atom. The maximum Gasteiger partial charge on any atom is 0.170 e. The Balaban J connectivity index is 1.82. The number of rotatable bonds is 5. The Morgan fingerprint density at radius 1 is 1.14 bits per heavy atom. The van der Waals surface area contributed by atoms with E-state index in [2.05, 4.69) is 64.8 Å². The van der Waals surface area contributed by atoms with Gasteiger partial charge < -0.3 is 14.8 Å². The van der Waals surface area contributed by atoms with Gasteiger partial charge in [0, 0.05) is 34.8 Å². The molecule has 0 amide bonds. The maximum atomic E-state index is 6.10. The van der Waals surface area contributed by atoms with Crippen LogP contribution in [0.3, 0.4) is 0 Å². The van der Waals surface area contributed by atoms with E-state index in [4.69, 9.17) is 23.8 Å². The lowest BCUT2D eigenvalue weighted by Gasteiger charge is -2.27. The van der Waals surface area contributed by atoms with E-state index in [1.807, 2.05) is 30.5 Å². The molecular weight excluding hydrogens is 400 g/mol. The Hall–Kier alpha value is -2.37. The van der Waals surface area contributed by atoms with Crippen molar-refractivity contribution in [1.29, 1.82) is 0 Å². The highest BCUT2D eigenvalue weighted by atomic mass is 35.5. The first-order valence-corrected chi connectivity index (χ1v) is 10.7. The van der Waals surface area contributed by atoms with E-state index >= 15 is 0 Å². The molecule has 2 atom stereocenters. The molecule has 0 radical (unpaired) electrons. The van der Waals surface area contributed by atoms with Crippen molar-refractivity contribution in [3.8, 4) is 5.69 Å². The number of hydrogen-bond donors (Lipinski definition) is 1. The van der Waals surface area contributed by atoms with Crippen LogP contribution in [0.25, 0.3) is 5.69 Å². The Kier molecular flexibility index (Phi) is 5.61. The molecule has 0 saturated carbocycles. The second kappa shape index (κ2) is 8.17. The van der Waals surface area contributed by atoms with Crippen LogP contribution >= 0.6 is 23.8 Å². The van der Waals surface area contributed by atoms with Gasteiger partial charge in [0.25, 0.3) is 0 Å². The van der Waals surface area contributed by atoms with E-state index in [0.717, 1.165) is 34.5 Å². The van der Waals surface area contributed by atoms with Crippen LogP contribution in [0.15, 0.2) is 54.7 Å². The average Bonchev–Trinajstić information content (AvgIpc) is 3.20. The molecule has 0 unspecified atom stereocenters. The third-order valence-corrected chi connectivity index (χ3v) is 6.14. The molecule has 0 spiro atoms. The van der Waals surface area contributed by atoms with E-state index in [1.165, 1.54) is 17.0 Å². The van der Waals surface area contributed by atoms with Gasteiger partial charge in [-0.3, -0.25) is 4.98 Å². The number of thiocarbonyl (C=S) groups is 1. The third-order valence-electron chi connectivity index (χ3n) is 5.54. The van der Waals surface area contributed by atoms with Crippen molar-refractivity contribution in [2.24, 2.45) is 0 Å². The first-order chi connectivity index (χ1) is 14.0. The second-order valence-electron chi connectivity index (χ2n) is 7.46. The largest absolute Gasteiger partial charge is 0.352 e. The summed E-state index contributed by atoms with van der Waals surface area (Å²) < 4.78 is 2.28. The zero-order valence-electron chi connectivity index (χ0n) is 16.9. The van der Waals surface area contributed by atoms with Gasteiger partial charge in [0.15, 0.2) is 5.11 Å². The highest BCUT2D eigenvalue weighted by molar-refractivity contribution is 7.80. The normalized spacial score (nSPS) is 18.9. The number of hydrogen-bond acceptors (Lipinski definition) is 2. The summed E-state index contributed by atoms with van der Waals surface area (Å²) in [6.45, 7) is 7.42. The Bertz CT molecular complexity index is 1010. The fourth-order valence-electron chi connectivity index (χ4n) is 4.30. The molecule has 1 aromatic carbocycles. The molecule has 1 aliphatic heterocycles. The van der Waals surface area contributed by atoms with Gasteiger partial charge in [0.05, 0.1) is 17.8 Å². The van der Waals surface area contributed by atoms with Gasteiger partial charge in [0.1, 0.15) is 0 Å². The Morgan fingerprint density at radius 3 is 2.55 bits per heavy atom. The SMILES string of the molecule is CCCN1C(=S)N[C@@H](c2ccccn2)[C@H]1c1cc(C)n(-c2ccc(Cl)cc2)c1C. The van der Waals surface area contributed by atoms with Crippen LogP contribution in [-0.4, -0.2) is 26.1 Å². The molecule has 0 aliphatic carbocycles. The summed E-state index contributed by atoms with van der Waals surface area (Å²) in [7, 11) is 0. The van der Waals surface area contributed by atoms with Crippen molar-refractivity contribution in [3.05, 3.63) is 82.4 Å². The molecule has 6 heteroatoms. The van der Waals surface area contributed by atoms with Crippen LogP contribution in [0.4, 0.5) is 0 Å². The average molecular weight is 425 g/mol.